The maximum absolute atomic E-state index is 6.11. The Bertz CT molecular complexity index is 659. The summed E-state index contributed by atoms with van der Waals surface area (Å²) in [7, 11) is 0. The van der Waals surface area contributed by atoms with E-state index in [0.717, 1.165) is 22.2 Å². The first-order chi connectivity index (χ1) is 9.11. The van der Waals surface area contributed by atoms with E-state index in [1.54, 1.807) is 0 Å². The van der Waals surface area contributed by atoms with E-state index in [-0.39, 0.29) is 5.60 Å². The minimum atomic E-state index is -0.305. The summed E-state index contributed by atoms with van der Waals surface area (Å²) in [5.41, 5.74) is 1.52. The van der Waals surface area contributed by atoms with E-state index in [9.17, 15) is 0 Å². The van der Waals surface area contributed by atoms with Gasteiger partial charge in [0.1, 0.15) is 11.4 Å². The molecule has 98 valence electrons. The van der Waals surface area contributed by atoms with Crippen molar-refractivity contribution < 1.29 is 9.47 Å². The van der Waals surface area contributed by atoms with Crippen LogP contribution in [0.5, 0.6) is 11.6 Å². The van der Waals surface area contributed by atoms with Crippen molar-refractivity contribution in [2.45, 2.75) is 26.4 Å². The quantitative estimate of drug-likeness (QED) is 0.817. The molecular formula is C16H17NO2. The number of benzene rings is 1. The molecule has 1 aliphatic heterocycles. The highest BCUT2D eigenvalue weighted by Crippen LogP contribution is 2.40. The summed E-state index contributed by atoms with van der Waals surface area (Å²) in [6, 6.07) is 7.99. The molecule has 0 saturated carbocycles. The van der Waals surface area contributed by atoms with Gasteiger partial charge >= 0.3 is 0 Å². The SMILES string of the molecule is CCOc1nc2ccccc2c2c1C=CC(C)(C)O2. The molecule has 0 spiro atoms. The molecule has 0 atom stereocenters. The number of rotatable bonds is 2. The van der Waals surface area contributed by atoms with Gasteiger partial charge in [0, 0.05) is 5.39 Å². The summed E-state index contributed by atoms with van der Waals surface area (Å²) < 4.78 is 11.8. The van der Waals surface area contributed by atoms with Crippen LogP contribution in [0, 0.1) is 0 Å². The third-order valence-electron chi connectivity index (χ3n) is 3.14. The van der Waals surface area contributed by atoms with E-state index in [1.165, 1.54) is 0 Å². The van der Waals surface area contributed by atoms with Gasteiger partial charge in [0.15, 0.2) is 0 Å². The fourth-order valence-electron chi connectivity index (χ4n) is 2.26. The summed E-state index contributed by atoms with van der Waals surface area (Å²) >= 11 is 0. The molecule has 1 aliphatic rings. The highest BCUT2D eigenvalue weighted by atomic mass is 16.5. The summed E-state index contributed by atoms with van der Waals surface area (Å²) in [6.45, 7) is 6.64. The normalized spacial score (nSPS) is 15.9. The maximum atomic E-state index is 6.11. The van der Waals surface area contributed by atoms with E-state index in [1.807, 2.05) is 57.2 Å². The van der Waals surface area contributed by atoms with Crippen molar-refractivity contribution in [3.05, 3.63) is 35.9 Å². The number of aromatic nitrogens is 1. The molecule has 1 aromatic heterocycles. The highest BCUT2D eigenvalue weighted by molar-refractivity contribution is 5.91. The lowest BCUT2D eigenvalue weighted by molar-refractivity contribution is 0.160. The van der Waals surface area contributed by atoms with E-state index < -0.39 is 0 Å². The summed E-state index contributed by atoms with van der Waals surface area (Å²) in [5, 5.41) is 1.03. The zero-order chi connectivity index (χ0) is 13.5. The maximum Gasteiger partial charge on any atom is 0.225 e. The predicted molar refractivity (Wildman–Crippen MR) is 76.7 cm³/mol. The van der Waals surface area contributed by atoms with Crippen LogP contribution in [0.25, 0.3) is 17.0 Å². The van der Waals surface area contributed by atoms with Crippen molar-refractivity contribution in [1.82, 2.24) is 4.98 Å². The highest BCUT2D eigenvalue weighted by Gasteiger charge is 2.26. The minimum Gasteiger partial charge on any atom is -0.482 e. The van der Waals surface area contributed by atoms with Gasteiger partial charge in [-0.2, -0.15) is 0 Å². The number of para-hydroxylation sites is 1. The molecule has 3 nitrogen and oxygen atoms in total. The first-order valence-corrected chi connectivity index (χ1v) is 6.54. The Morgan fingerprint density at radius 1 is 1.26 bits per heavy atom. The van der Waals surface area contributed by atoms with Crippen molar-refractivity contribution in [3.63, 3.8) is 0 Å². The van der Waals surface area contributed by atoms with Gasteiger partial charge in [-0.25, -0.2) is 4.98 Å². The number of pyridine rings is 1. The Morgan fingerprint density at radius 2 is 2.05 bits per heavy atom. The van der Waals surface area contributed by atoms with Gasteiger partial charge in [-0.1, -0.05) is 12.1 Å². The van der Waals surface area contributed by atoms with Gasteiger partial charge < -0.3 is 9.47 Å². The number of hydrogen-bond donors (Lipinski definition) is 0. The van der Waals surface area contributed by atoms with Crippen LogP contribution >= 0.6 is 0 Å². The van der Waals surface area contributed by atoms with Crippen molar-refractivity contribution in [2.24, 2.45) is 0 Å². The molecule has 2 heterocycles. The molecule has 0 bridgehead atoms. The minimum absolute atomic E-state index is 0.305. The molecule has 3 heteroatoms. The van der Waals surface area contributed by atoms with E-state index in [4.69, 9.17) is 9.47 Å². The van der Waals surface area contributed by atoms with Gasteiger partial charge in [-0.05, 0) is 45.1 Å². The first-order valence-electron chi connectivity index (χ1n) is 6.54. The molecule has 0 saturated heterocycles. The molecule has 0 amide bonds. The van der Waals surface area contributed by atoms with Crippen molar-refractivity contribution in [3.8, 4) is 11.6 Å². The van der Waals surface area contributed by atoms with E-state index in [2.05, 4.69) is 4.98 Å². The lowest BCUT2D eigenvalue weighted by Crippen LogP contribution is -2.28. The zero-order valence-electron chi connectivity index (χ0n) is 11.4. The summed E-state index contributed by atoms with van der Waals surface area (Å²) in [6.07, 6.45) is 4.08. The predicted octanol–water partition coefficient (Wildman–Crippen LogP) is 3.82. The van der Waals surface area contributed by atoms with E-state index in [0.29, 0.717) is 12.5 Å². The molecular weight excluding hydrogens is 238 g/mol. The van der Waals surface area contributed by atoms with Gasteiger partial charge in [0.25, 0.3) is 0 Å². The molecule has 0 N–H and O–H groups in total. The molecule has 19 heavy (non-hydrogen) atoms. The van der Waals surface area contributed by atoms with Crippen LogP contribution in [0.2, 0.25) is 0 Å². The Morgan fingerprint density at radius 3 is 2.84 bits per heavy atom. The van der Waals surface area contributed by atoms with Gasteiger partial charge in [0.05, 0.1) is 17.7 Å². The van der Waals surface area contributed by atoms with Crippen LogP contribution in [-0.4, -0.2) is 17.2 Å². The number of fused-ring (bicyclic) bond motifs is 3. The fraction of sp³-hybridized carbons (Fsp3) is 0.312. The topological polar surface area (TPSA) is 31.4 Å². The molecule has 2 aromatic rings. The average Bonchev–Trinajstić information content (AvgIpc) is 2.38. The third-order valence-corrected chi connectivity index (χ3v) is 3.14. The molecule has 0 unspecified atom stereocenters. The second-order valence-electron chi connectivity index (χ2n) is 5.15. The lowest BCUT2D eigenvalue weighted by Gasteiger charge is -2.29. The van der Waals surface area contributed by atoms with Gasteiger partial charge in [-0.15, -0.1) is 0 Å². The van der Waals surface area contributed by atoms with Crippen LogP contribution in [0.3, 0.4) is 0 Å². The molecule has 0 radical (unpaired) electrons. The zero-order valence-corrected chi connectivity index (χ0v) is 11.4. The second-order valence-corrected chi connectivity index (χ2v) is 5.15. The lowest BCUT2D eigenvalue weighted by atomic mass is 10.0. The molecule has 1 aromatic carbocycles. The Hall–Kier alpha value is -2.03. The molecule has 0 fully saturated rings. The third kappa shape index (κ3) is 2.05. The van der Waals surface area contributed by atoms with Crippen molar-refractivity contribution in [2.75, 3.05) is 6.61 Å². The fourth-order valence-corrected chi connectivity index (χ4v) is 2.26. The van der Waals surface area contributed by atoms with Gasteiger partial charge in [0.2, 0.25) is 5.88 Å². The standard InChI is InChI=1S/C16H17NO2/c1-4-18-15-12-9-10-16(2,3)19-14(12)11-7-5-6-8-13(11)17-15/h5-10H,4H2,1-3H3. The molecule has 0 aliphatic carbocycles. The molecule has 3 rings (SSSR count). The second kappa shape index (κ2) is 4.26. The van der Waals surface area contributed by atoms with E-state index >= 15 is 0 Å². The van der Waals surface area contributed by atoms with Crippen LogP contribution in [0.15, 0.2) is 30.3 Å². The smallest absolute Gasteiger partial charge is 0.225 e. The number of hydrogen-bond acceptors (Lipinski definition) is 3. The Kier molecular flexibility index (Phi) is 2.70. The number of ether oxygens (including phenoxy) is 2. The number of nitrogens with zero attached hydrogens (tertiary/aromatic N) is 1. The van der Waals surface area contributed by atoms with Gasteiger partial charge in [-0.3, -0.25) is 0 Å². The van der Waals surface area contributed by atoms with Crippen LogP contribution in [0.1, 0.15) is 26.3 Å². The van der Waals surface area contributed by atoms with Crippen LogP contribution in [0.4, 0.5) is 0 Å². The van der Waals surface area contributed by atoms with Crippen LogP contribution < -0.4 is 9.47 Å². The summed E-state index contributed by atoms with van der Waals surface area (Å²) in [5.74, 6) is 1.50. The first kappa shape index (κ1) is 12.0. The van der Waals surface area contributed by atoms with Crippen LogP contribution in [-0.2, 0) is 0 Å². The van der Waals surface area contributed by atoms with Crippen molar-refractivity contribution >= 4 is 17.0 Å². The Labute approximate surface area is 112 Å². The average molecular weight is 255 g/mol. The summed E-state index contributed by atoms with van der Waals surface area (Å²) in [4.78, 5) is 4.57. The monoisotopic (exact) mass is 255 g/mol. The Balaban J connectivity index is 2.30. The van der Waals surface area contributed by atoms with Crippen molar-refractivity contribution in [1.29, 1.82) is 0 Å². The largest absolute Gasteiger partial charge is 0.482 e.